The van der Waals surface area contributed by atoms with Crippen molar-refractivity contribution in [2.45, 2.75) is 19.9 Å². The average Bonchev–Trinajstić information content (AvgIpc) is 2.48. The van der Waals surface area contributed by atoms with Crippen molar-refractivity contribution < 1.29 is 9.59 Å². The molecule has 3 amide bonds. The molecule has 0 aliphatic rings. The first-order chi connectivity index (χ1) is 10.5. The molecule has 22 heavy (non-hydrogen) atoms. The van der Waals surface area contributed by atoms with Crippen molar-refractivity contribution in [3.63, 3.8) is 0 Å². The molecular formula is C17H19N3O2. The average molecular weight is 297 g/mol. The third-order valence-corrected chi connectivity index (χ3v) is 3.34. The summed E-state index contributed by atoms with van der Waals surface area (Å²) in [7, 11) is 0. The zero-order chi connectivity index (χ0) is 16.1. The van der Waals surface area contributed by atoms with Crippen molar-refractivity contribution in [3.05, 3.63) is 65.2 Å². The number of amides is 3. The van der Waals surface area contributed by atoms with Crippen LogP contribution in [0, 0.1) is 6.92 Å². The fourth-order valence-electron chi connectivity index (χ4n) is 2.07. The number of hydrogen-bond donors (Lipinski definition) is 3. The van der Waals surface area contributed by atoms with Gasteiger partial charge in [-0.05, 0) is 43.7 Å². The summed E-state index contributed by atoms with van der Waals surface area (Å²) in [6, 6.07) is 13.9. The Morgan fingerprint density at radius 2 is 1.59 bits per heavy atom. The standard InChI is InChI=1S/C17H19N3O2/c1-11-3-5-13(6-4-11)12(2)19-16(21)14-7-9-15(10-8-14)20-17(18)22/h3-10,12H,1-2H3,(H,19,21)(H3,18,20,22). The number of urea groups is 1. The summed E-state index contributed by atoms with van der Waals surface area (Å²) in [6.45, 7) is 3.96. The molecule has 0 fully saturated rings. The Labute approximate surface area is 129 Å². The molecule has 5 nitrogen and oxygen atoms in total. The number of hydrogen-bond acceptors (Lipinski definition) is 2. The molecule has 0 heterocycles. The molecule has 0 saturated heterocycles. The number of nitrogens with two attached hydrogens (primary N) is 1. The minimum atomic E-state index is -0.634. The van der Waals surface area contributed by atoms with Gasteiger partial charge in [0.25, 0.3) is 5.91 Å². The Bertz CT molecular complexity index is 663. The summed E-state index contributed by atoms with van der Waals surface area (Å²) in [6.07, 6.45) is 0. The van der Waals surface area contributed by atoms with Crippen LogP contribution in [0.2, 0.25) is 0 Å². The van der Waals surface area contributed by atoms with Crippen molar-refractivity contribution in [1.29, 1.82) is 0 Å². The first-order valence-electron chi connectivity index (χ1n) is 6.99. The van der Waals surface area contributed by atoms with Gasteiger partial charge >= 0.3 is 6.03 Å². The number of carbonyl (C=O) groups excluding carboxylic acids is 2. The summed E-state index contributed by atoms with van der Waals surface area (Å²) in [5, 5.41) is 5.39. The van der Waals surface area contributed by atoms with Gasteiger partial charge in [-0.3, -0.25) is 4.79 Å². The lowest BCUT2D eigenvalue weighted by atomic mass is 10.1. The van der Waals surface area contributed by atoms with Crippen LogP contribution in [0.3, 0.4) is 0 Å². The van der Waals surface area contributed by atoms with Gasteiger partial charge in [-0.2, -0.15) is 0 Å². The molecule has 2 rings (SSSR count). The Morgan fingerprint density at radius 1 is 1.00 bits per heavy atom. The Balaban J connectivity index is 2.02. The van der Waals surface area contributed by atoms with E-state index in [4.69, 9.17) is 5.73 Å². The number of anilines is 1. The summed E-state index contributed by atoms with van der Waals surface area (Å²) >= 11 is 0. The van der Waals surface area contributed by atoms with Crippen LogP contribution in [-0.4, -0.2) is 11.9 Å². The lowest BCUT2D eigenvalue weighted by molar-refractivity contribution is 0.0940. The van der Waals surface area contributed by atoms with E-state index in [0.717, 1.165) is 5.56 Å². The quantitative estimate of drug-likeness (QED) is 0.810. The Hall–Kier alpha value is -2.82. The van der Waals surface area contributed by atoms with Gasteiger partial charge in [0.1, 0.15) is 0 Å². The number of carbonyl (C=O) groups is 2. The zero-order valence-corrected chi connectivity index (χ0v) is 12.6. The van der Waals surface area contributed by atoms with Gasteiger partial charge in [-0.15, -0.1) is 0 Å². The summed E-state index contributed by atoms with van der Waals surface area (Å²) < 4.78 is 0. The molecule has 0 saturated carbocycles. The van der Waals surface area contributed by atoms with E-state index >= 15 is 0 Å². The van der Waals surface area contributed by atoms with Crippen molar-refractivity contribution in [3.8, 4) is 0 Å². The lowest BCUT2D eigenvalue weighted by Crippen LogP contribution is -2.26. The first-order valence-corrected chi connectivity index (χ1v) is 6.99. The number of benzene rings is 2. The minimum absolute atomic E-state index is 0.0866. The SMILES string of the molecule is Cc1ccc(C(C)NC(=O)c2ccc(NC(N)=O)cc2)cc1. The predicted octanol–water partition coefficient (Wildman–Crippen LogP) is 2.98. The monoisotopic (exact) mass is 297 g/mol. The number of aryl methyl sites for hydroxylation is 1. The van der Waals surface area contributed by atoms with E-state index in [0.29, 0.717) is 11.3 Å². The van der Waals surface area contributed by atoms with Gasteiger partial charge in [0.05, 0.1) is 6.04 Å². The van der Waals surface area contributed by atoms with Gasteiger partial charge in [-0.1, -0.05) is 29.8 Å². The Kier molecular flexibility index (Phi) is 4.78. The zero-order valence-electron chi connectivity index (χ0n) is 12.6. The fourth-order valence-corrected chi connectivity index (χ4v) is 2.07. The third-order valence-electron chi connectivity index (χ3n) is 3.34. The highest BCUT2D eigenvalue weighted by Crippen LogP contribution is 2.15. The third kappa shape index (κ3) is 4.09. The second kappa shape index (κ2) is 6.76. The molecule has 0 spiro atoms. The Morgan fingerprint density at radius 3 is 2.14 bits per heavy atom. The summed E-state index contributed by atoms with van der Waals surface area (Å²) in [5.41, 5.74) is 8.34. The summed E-state index contributed by atoms with van der Waals surface area (Å²) in [5.74, 6) is -0.168. The van der Waals surface area contributed by atoms with Gasteiger partial charge in [0.15, 0.2) is 0 Å². The van der Waals surface area contributed by atoms with Crippen molar-refractivity contribution in [2.24, 2.45) is 5.73 Å². The molecular weight excluding hydrogens is 278 g/mol. The minimum Gasteiger partial charge on any atom is -0.351 e. The van der Waals surface area contributed by atoms with Crippen LogP contribution < -0.4 is 16.4 Å². The summed E-state index contributed by atoms with van der Waals surface area (Å²) in [4.78, 5) is 23.0. The first kappa shape index (κ1) is 15.6. The molecule has 5 heteroatoms. The largest absolute Gasteiger partial charge is 0.351 e. The number of rotatable bonds is 4. The van der Waals surface area contributed by atoms with E-state index in [1.807, 2.05) is 38.1 Å². The van der Waals surface area contributed by atoms with Gasteiger partial charge in [0.2, 0.25) is 0 Å². The van der Waals surface area contributed by atoms with Crippen LogP contribution in [0.4, 0.5) is 10.5 Å². The van der Waals surface area contributed by atoms with Crippen LogP contribution in [0.15, 0.2) is 48.5 Å². The molecule has 1 atom stereocenters. The molecule has 2 aromatic carbocycles. The van der Waals surface area contributed by atoms with E-state index < -0.39 is 6.03 Å². The molecule has 4 N–H and O–H groups in total. The van der Waals surface area contributed by atoms with Crippen LogP contribution in [0.25, 0.3) is 0 Å². The molecule has 0 bridgehead atoms. The topological polar surface area (TPSA) is 84.2 Å². The maximum Gasteiger partial charge on any atom is 0.316 e. The molecule has 0 aliphatic carbocycles. The highest BCUT2D eigenvalue weighted by Gasteiger charge is 2.11. The molecule has 114 valence electrons. The van der Waals surface area contributed by atoms with Crippen LogP contribution >= 0.6 is 0 Å². The second-order valence-electron chi connectivity index (χ2n) is 5.17. The highest BCUT2D eigenvalue weighted by molar-refractivity contribution is 5.95. The maximum atomic E-state index is 12.2. The second-order valence-corrected chi connectivity index (χ2v) is 5.17. The van der Waals surface area contributed by atoms with E-state index in [1.165, 1.54) is 5.56 Å². The predicted molar refractivity (Wildman–Crippen MR) is 86.7 cm³/mol. The molecule has 1 unspecified atom stereocenters. The van der Waals surface area contributed by atoms with E-state index in [1.54, 1.807) is 24.3 Å². The molecule has 0 radical (unpaired) electrons. The normalized spacial score (nSPS) is 11.5. The lowest BCUT2D eigenvalue weighted by Gasteiger charge is -2.15. The highest BCUT2D eigenvalue weighted by atomic mass is 16.2. The van der Waals surface area contributed by atoms with E-state index in [-0.39, 0.29) is 11.9 Å². The van der Waals surface area contributed by atoms with Crippen LogP contribution in [-0.2, 0) is 0 Å². The molecule has 0 aliphatic heterocycles. The van der Waals surface area contributed by atoms with Crippen LogP contribution in [0.5, 0.6) is 0 Å². The van der Waals surface area contributed by atoms with Gasteiger partial charge in [0, 0.05) is 11.3 Å². The van der Waals surface area contributed by atoms with Crippen LogP contribution in [0.1, 0.15) is 34.5 Å². The number of primary amides is 1. The van der Waals surface area contributed by atoms with E-state index in [2.05, 4.69) is 10.6 Å². The number of nitrogens with one attached hydrogen (secondary N) is 2. The maximum absolute atomic E-state index is 12.2. The molecule has 2 aromatic rings. The van der Waals surface area contributed by atoms with Crippen molar-refractivity contribution in [2.75, 3.05) is 5.32 Å². The van der Waals surface area contributed by atoms with E-state index in [9.17, 15) is 9.59 Å². The van der Waals surface area contributed by atoms with Gasteiger partial charge in [-0.25, -0.2) is 4.79 Å². The van der Waals surface area contributed by atoms with Crippen molar-refractivity contribution >= 4 is 17.6 Å². The van der Waals surface area contributed by atoms with Gasteiger partial charge < -0.3 is 16.4 Å². The fraction of sp³-hybridized carbons (Fsp3) is 0.176. The molecule has 0 aromatic heterocycles. The smallest absolute Gasteiger partial charge is 0.316 e. The van der Waals surface area contributed by atoms with Crippen molar-refractivity contribution in [1.82, 2.24) is 5.32 Å².